The van der Waals surface area contributed by atoms with Crippen molar-refractivity contribution in [1.29, 1.82) is 0 Å². The maximum atomic E-state index is 2.51. The first-order chi connectivity index (χ1) is 20.6. The molecular formula is C39H29BN2. The summed E-state index contributed by atoms with van der Waals surface area (Å²) >= 11 is 0. The van der Waals surface area contributed by atoms with Gasteiger partial charge in [0.15, 0.2) is 0 Å². The Morgan fingerprint density at radius 3 is 1.88 bits per heavy atom. The third-order valence-corrected chi connectivity index (χ3v) is 9.32. The summed E-state index contributed by atoms with van der Waals surface area (Å²) < 4.78 is 2.46. The lowest BCUT2D eigenvalue weighted by Gasteiger charge is -2.36. The van der Waals surface area contributed by atoms with Crippen molar-refractivity contribution in [3.63, 3.8) is 0 Å². The SMILES string of the molecule is Cc1cccc(N2c3cc(C)ccc3B3c4ccc(C)cc4-c4cc(-n5c6ccccc6c6ccccc65)cc2c43)c1. The van der Waals surface area contributed by atoms with Crippen molar-refractivity contribution in [2.75, 3.05) is 4.90 Å². The van der Waals surface area contributed by atoms with Crippen LogP contribution in [0.1, 0.15) is 16.7 Å². The third kappa shape index (κ3) is 3.17. The van der Waals surface area contributed by atoms with E-state index in [1.165, 1.54) is 88.8 Å². The van der Waals surface area contributed by atoms with Crippen molar-refractivity contribution < 1.29 is 0 Å². The molecule has 1 aromatic heterocycles. The minimum atomic E-state index is 0.217. The largest absolute Gasteiger partial charge is 0.311 e. The number of aromatic nitrogens is 1. The molecule has 7 aromatic rings. The van der Waals surface area contributed by atoms with Gasteiger partial charge in [0.05, 0.1) is 11.0 Å². The summed E-state index contributed by atoms with van der Waals surface area (Å²) in [6, 6.07) is 45.5. The first kappa shape index (κ1) is 23.7. The highest BCUT2D eigenvalue weighted by Gasteiger charge is 2.43. The molecule has 0 aliphatic carbocycles. The molecule has 0 saturated heterocycles. The van der Waals surface area contributed by atoms with Crippen molar-refractivity contribution in [2.24, 2.45) is 0 Å². The van der Waals surface area contributed by atoms with Gasteiger partial charge in [0, 0.05) is 33.5 Å². The van der Waals surface area contributed by atoms with Crippen molar-refractivity contribution in [1.82, 2.24) is 4.57 Å². The van der Waals surface area contributed by atoms with Gasteiger partial charge in [-0.2, -0.15) is 0 Å². The Morgan fingerprint density at radius 1 is 0.476 bits per heavy atom. The van der Waals surface area contributed by atoms with Crippen LogP contribution in [0.15, 0.2) is 121 Å². The predicted molar refractivity (Wildman–Crippen MR) is 180 cm³/mol. The molecule has 9 rings (SSSR count). The Bertz CT molecular complexity index is 2200. The highest BCUT2D eigenvalue weighted by molar-refractivity contribution is 7.01. The standard InChI is InChI=1S/C39H29BN2/c1-24-9-8-10-27(19-24)41-37-21-26(3)16-18-34(37)40-33-17-15-25(2)20-31(33)32-22-28(23-38(41)39(32)40)42-35-13-6-4-11-29(35)30-12-5-7-14-36(30)42/h4-23H,1-3H3. The van der Waals surface area contributed by atoms with Gasteiger partial charge in [-0.05, 0) is 96.4 Å². The van der Waals surface area contributed by atoms with E-state index in [4.69, 9.17) is 0 Å². The van der Waals surface area contributed by atoms with Crippen LogP contribution in [0, 0.1) is 20.8 Å². The Hall–Kier alpha value is -5.02. The van der Waals surface area contributed by atoms with Crippen LogP contribution in [0.3, 0.4) is 0 Å². The molecular weight excluding hydrogens is 507 g/mol. The molecule has 2 aliphatic heterocycles. The first-order valence-corrected chi connectivity index (χ1v) is 14.8. The number of aryl methyl sites for hydroxylation is 3. The summed E-state index contributed by atoms with van der Waals surface area (Å²) in [6.45, 7) is 6.82. The zero-order chi connectivity index (χ0) is 28.1. The van der Waals surface area contributed by atoms with Gasteiger partial charge in [0.2, 0.25) is 6.71 Å². The van der Waals surface area contributed by atoms with E-state index in [1.54, 1.807) is 0 Å². The van der Waals surface area contributed by atoms with Crippen LogP contribution in [-0.4, -0.2) is 11.3 Å². The van der Waals surface area contributed by atoms with Crippen molar-refractivity contribution in [3.8, 4) is 16.8 Å². The van der Waals surface area contributed by atoms with E-state index >= 15 is 0 Å². The van der Waals surface area contributed by atoms with Gasteiger partial charge >= 0.3 is 0 Å². The lowest BCUT2D eigenvalue weighted by molar-refractivity contribution is 1.17. The number of fused-ring (bicyclic) bond motifs is 8. The van der Waals surface area contributed by atoms with Crippen LogP contribution < -0.4 is 21.3 Å². The fraction of sp³-hybridized carbons (Fsp3) is 0.0769. The summed E-state index contributed by atoms with van der Waals surface area (Å²) in [6.07, 6.45) is 0. The number of rotatable bonds is 2. The minimum absolute atomic E-state index is 0.217. The van der Waals surface area contributed by atoms with Crippen LogP contribution in [-0.2, 0) is 0 Å². The molecule has 3 heterocycles. The Labute approximate surface area is 246 Å². The second-order valence-electron chi connectivity index (χ2n) is 12.1. The smallest absolute Gasteiger partial charge is 0.248 e. The maximum absolute atomic E-state index is 2.51. The van der Waals surface area contributed by atoms with E-state index in [2.05, 4.69) is 152 Å². The zero-order valence-electron chi connectivity index (χ0n) is 24.0. The maximum Gasteiger partial charge on any atom is 0.248 e. The fourth-order valence-electron chi connectivity index (χ4n) is 7.56. The minimum Gasteiger partial charge on any atom is -0.311 e. The molecule has 0 N–H and O–H groups in total. The van der Waals surface area contributed by atoms with Crippen LogP contribution >= 0.6 is 0 Å². The molecule has 0 radical (unpaired) electrons. The lowest BCUT2D eigenvalue weighted by atomic mass is 9.37. The molecule has 0 saturated carbocycles. The molecule has 0 amide bonds. The molecule has 0 bridgehead atoms. The van der Waals surface area contributed by atoms with Crippen LogP contribution in [0.2, 0.25) is 0 Å². The normalized spacial score (nSPS) is 13.0. The van der Waals surface area contributed by atoms with E-state index in [0.717, 1.165) is 0 Å². The highest BCUT2D eigenvalue weighted by Crippen LogP contribution is 2.43. The topological polar surface area (TPSA) is 8.17 Å². The van der Waals surface area contributed by atoms with Gasteiger partial charge in [-0.25, -0.2) is 0 Å². The number of hydrogen-bond acceptors (Lipinski definition) is 1. The Morgan fingerprint density at radius 2 is 1.14 bits per heavy atom. The number of para-hydroxylation sites is 2. The molecule has 42 heavy (non-hydrogen) atoms. The summed E-state index contributed by atoms with van der Waals surface area (Å²) in [7, 11) is 0. The second-order valence-corrected chi connectivity index (χ2v) is 12.1. The molecule has 0 atom stereocenters. The molecule has 6 aromatic carbocycles. The molecule has 198 valence electrons. The van der Waals surface area contributed by atoms with Gasteiger partial charge in [0.25, 0.3) is 0 Å². The first-order valence-electron chi connectivity index (χ1n) is 14.8. The van der Waals surface area contributed by atoms with E-state index in [-0.39, 0.29) is 6.71 Å². The summed E-state index contributed by atoms with van der Waals surface area (Å²) in [4.78, 5) is 2.51. The van der Waals surface area contributed by atoms with Gasteiger partial charge in [0.1, 0.15) is 0 Å². The molecule has 2 nitrogen and oxygen atoms in total. The molecule has 0 spiro atoms. The summed E-state index contributed by atoms with van der Waals surface area (Å²) in [5.74, 6) is 0. The van der Waals surface area contributed by atoms with Gasteiger partial charge < -0.3 is 9.47 Å². The predicted octanol–water partition coefficient (Wildman–Crippen LogP) is 7.99. The van der Waals surface area contributed by atoms with Crippen molar-refractivity contribution in [3.05, 3.63) is 138 Å². The zero-order valence-corrected chi connectivity index (χ0v) is 24.0. The van der Waals surface area contributed by atoms with E-state index < -0.39 is 0 Å². The number of nitrogens with zero attached hydrogens (tertiary/aromatic N) is 2. The summed E-state index contributed by atoms with van der Waals surface area (Å²) in [5.41, 5.74) is 18.1. The third-order valence-electron chi connectivity index (χ3n) is 9.32. The van der Waals surface area contributed by atoms with Crippen LogP contribution in [0.25, 0.3) is 38.6 Å². The average molecular weight is 536 g/mol. The number of hydrogen-bond donors (Lipinski definition) is 0. The van der Waals surface area contributed by atoms with Gasteiger partial charge in [-0.15, -0.1) is 0 Å². The fourth-order valence-corrected chi connectivity index (χ4v) is 7.56. The van der Waals surface area contributed by atoms with Gasteiger partial charge in [-0.3, -0.25) is 0 Å². The average Bonchev–Trinajstić information content (AvgIpc) is 3.50. The van der Waals surface area contributed by atoms with E-state index in [9.17, 15) is 0 Å². The lowest BCUT2D eigenvalue weighted by Crippen LogP contribution is -2.54. The number of benzene rings is 6. The summed E-state index contributed by atoms with van der Waals surface area (Å²) in [5, 5.41) is 2.57. The van der Waals surface area contributed by atoms with Crippen molar-refractivity contribution >= 4 is 62.0 Å². The molecule has 0 unspecified atom stereocenters. The Kier molecular flexibility index (Phi) is 4.79. The Balaban J connectivity index is 1.44. The monoisotopic (exact) mass is 536 g/mol. The molecule has 2 aliphatic rings. The quantitative estimate of drug-likeness (QED) is 0.203. The van der Waals surface area contributed by atoms with Crippen molar-refractivity contribution in [2.45, 2.75) is 20.8 Å². The van der Waals surface area contributed by atoms with E-state index in [0.29, 0.717) is 0 Å². The molecule has 0 fully saturated rings. The second kappa shape index (κ2) is 8.50. The van der Waals surface area contributed by atoms with E-state index in [1.807, 2.05) is 0 Å². The highest BCUT2D eigenvalue weighted by atomic mass is 15.2. The van der Waals surface area contributed by atoms with Gasteiger partial charge in [-0.1, -0.05) is 89.9 Å². The number of anilines is 3. The molecule has 3 heteroatoms. The van der Waals surface area contributed by atoms with Crippen LogP contribution in [0.5, 0.6) is 0 Å². The van der Waals surface area contributed by atoms with Crippen LogP contribution in [0.4, 0.5) is 17.1 Å².